The van der Waals surface area contributed by atoms with E-state index in [-0.39, 0.29) is 0 Å². The Morgan fingerprint density at radius 2 is 1.76 bits per heavy atom. The van der Waals surface area contributed by atoms with E-state index in [0.29, 0.717) is 10.9 Å². The minimum Gasteiger partial charge on any atom is -0.384 e. The van der Waals surface area contributed by atoms with Gasteiger partial charge in [0.1, 0.15) is 5.84 Å². The number of halogens is 1. The zero-order valence-corrected chi connectivity index (χ0v) is 14.8. The second-order valence-electron chi connectivity index (χ2n) is 5.98. The maximum Gasteiger partial charge on any atom is 0.124 e. The summed E-state index contributed by atoms with van der Waals surface area (Å²) in [6.45, 7) is 4.62. The van der Waals surface area contributed by atoms with Crippen LogP contribution >= 0.6 is 11.6 Å². The van der Waals surface area contributed by atoms with Gasteiger partial charge in [0.15, 0.2) is 0 Å². The summed E-state index contributed by atoms with van der Waals surface area (Å²) in [5, 5.41) is 0.685. The van der Waals surface area contributed by atoms with Crippen LogP contribution in [0.15, 0.2) is 59.6 Å². The summed E-state index contributed by atoms with van der Waals surface area (Å²) >= 11 is 5.86. The van der Waals surface area contributed by atoms with Gasteiger partial charge in [-0.1, -0.05) is 41.9 Å². The Hall–Kier alpha value is -2.14. The van der Waals surface area contributed by atoms with E-state index in [1.54, 1.807) is 12.1 Å². The van der Waals surface area contributed by atoms with E-state index in [1.165, 1.54) is 5.56 Å². The predicted molar refractivity (Wildman–Crippen MR) is 104 cm³/mol. The van der Waals surface area contributed by atoms with Gasteiger partial charge >= 0.3 is 0 Å². The Kier molecular flexibility index (Phi) is 6.23. The van der Waals surface area contributed by atoms with Crippen LogP contribution in [0, 0.1) is 0 Å². The van der Waals surface area contributed by atoms with Gasteiger partial charge < -0.3 is 10.5 Å². The highest BCUT2D eigenvalue weighted by Gasteiger charge is 2.10. The third-order valence-electron chi connectivity index (χ3n) is 4.02. The molecule has 0 saturated carbocycles. The highest BCUT2D eigenvalue weighted by atomic mass is 35.5. The predicted octanol–water partition coefficient (Wildman–Crippen LogP) is 3.87. The van der Waals surface area contributed by atoms with Gasteiger partial charge in [-0.3, -0.25) is 4.90 Å². The summed E-state index contributed by atoms with van der Waals surface area (Å²) in [6, 6.07) is 15.8. The van der Waals surface area contributed by atoms with Crippen LogP contribution in [0.25, 0.3) is 6.08 Å². The Morgan fingerprint density at radius 3 is 2.44 bits per heavy atom. The molecule has 0 spiro atoms. The molecule has 130 valence electrons. The molecular weight excluding hydrogens is 334 g/mol. The molecule has 1 aliphatic heterocycles. The molecule has 1 heterocycles. The quantitative estimate of drug-likeness (QED) is 0.654. The van der Waals surface area contributed by atoms with Crippen molar-refractivity contribution in [2.45, 2.75) is 6.54 Å². The van der Waals surface area contributed by atoms with Gasteiger partial charge in [-0.2, -0.15) is 0 Å². The molecule has 1 aliphatic rings. The van der Waals surface area contributed by atoms with Gasteiger partial charge in [0, 0.05) is 24.7 Å². The molecular formula is C20H22ClN3O. The number of aliphatic imine (C=N–C) groups is 1. The number of rotatable bonds is 5. The lowest BCUT2D eigenvalue weighted by atomic mass is 10.1. The van der Waals surface area contributed by atoms with Gasteiger partial charge in [-0.25, -0.2) is 4.99 Å². The zero-order valence-electron chi connectivity index (χ0n) is 14.1. The van der Waals surface area contributed by atoms with Crippen LogP contribution in [0.4, 0.5) is 5.69 Å². The summed E-state index contributed by atoms with van der Waals surface area (Å²) in [7, 11) is 0. The SMILES string of the molecule is NC(/C=C/c1ccc(CN2CCOCC2)cc1)=Nc1ccc(Cl)cc1. The van der Waals surface area contributed by atoms with Crippen LogP contribution in [0.2, 0.25) is 5.02 Å². The number of ether oxygens (including phenoxy) is 1. The normalized spacial score (nSPS) is 16.4. The summed E-state index contributed by atoms with van der Waals surface area (Å²) in [6.07, 6.45) is 3.78. The van der Waals surface area contributed by atoms with Gasteiger partial charge in [-0.15, -0.1) is 0 Å². The fourth-order valence-corrected chi connectivity index (χ4v) is 2.76. The topological polar surface area (TPSA) is 50.8 Å². The lowest BCUT2D eigenvalue weighted by molar-refractivity contribution is 0.0342. The first-order chi connectivity index (χ1) is 12.2. The van der Waals surface area contributed by atoms with Crippen molar-refractivity contribution in [2.75, 3.05) is 26.3 Å². The van der Waals surface area contributed by atoms with Crippen molar-refractivity contribution in [2.24, 2.45) is 10.7 Å². The minimum absolute atomic E-state index is 0.458. The molecule has 0 atom stereocenters. The van der Waals surface area contributed by atoms with Crippen molar-refractivity contribution in [3.8, 4) is 0 Å². The molecule has 0 aliphatic carbocycles. The molecule has 1 fully saturated rings. The molecule has 0 aromatic heterocycles. The summed E-state index contributed by atoms with van der Waals surface area (Å²) < 4.78 is 5.38. The van der Waals surface area contributed by atoms with E-state index in [4.69, 9.17) is 22.1 Å². The van der Waals surface area contributed by atoms with Crippen molar-refractivity contribution in [1.82, 2.24) is 4.90 Å². The van der Waals surface area contributed by atoms with Crippen LogP contribution in [0.1, 0.15) is 11.1 Å². The van der Waals surface area contributed by atoms with E-state index in [1.807, 2.05) is 24.3 Å². The molecule has 2 N–H and O–H groups in total. The van der Waals surface area contributed by atoms with Gasteiger partial charge in [-0.05, 0) is 41.5 Å². The molecule has 2 aromatic rings. The van der Waals surface area contributed by atoms with Gasteiger partial charge in [0.2, 0.25) is 0 Å². The molecule has 2 aromatic carbocycles. The fraction of sp³-hybridized carbons (Fsp3) is 0.250. The van der Waals surface area contributed by atoms with Crippen molar-refractivity contribution >= 4 is 29.2 Å². The molecule has 1 saturated heterocycles. The first kappa shape index (κ1) is 17.7. The average molecular weight is 356 g/mol. The second-order valence-corrected chi connectivity index (χ2v) is 6.41. The number of amidine groups is 1. The second kappa shape index (κ2) is 8.81. The molecule has 0 unspecified atom stereocenters. The van der Waals surface area contributed by atoms with Crippen molar-refractivity contribution in [3.05, 3.63) is 70.8 Å². The molecule has 4 nitrogen and oxygen atoms in total. The number of benzene rings is 2. The molecule has 0 radical (unpaired) electrons. The van der Waals surface area contributed by atoms with Crippen LogP contribution in [-0.2, 0) is 11.3 Å². The fourth-order valence-electron chi connectivity index (χ4n) is 2.64. The third-order valence-corrected chi connectivity index (χ3v) is 4.27. The highest BCUT2D eigenvalue weighted by molar-refractivity contribution is 6.30. The van der Waals surface area contributed by atoms with E-state index in [2.05, 4.69) is 34.2 Å². The number of nitrogens with zero attached hydrogens (tertiary/aromatic N) is 2. The average Bonchev–Trinajstić information content (AvgIpc) is 2.64. The van der Waals surface area contributed by atoms with Crippen LogP contribution < -0.4 is 5.73 Å². The largest absolute Gasteiger partial charge is 0.384 e. The lowest BCUT2D eigenvalue weighted by Crippen LogP contribution is -2.35. The van der Waals surface area contributed by atoms with Crippen molar-refractivity contribution < 1.29 is 4.74 Å². The molecule has 3 rings (SSSR count). The smallest absolute Gasteiger partial charge is 0.124 e. The van der Waals surface area contributed by atoms with Crippen molar-refractivity contribution in [1.29, 1.82) is 0 Å². The highest BCUT2D eigenvalue weighted by Crippen LogP contribution is 2.16. The van der Waals surface area contributed by atoms with E-state index >= 15 is 0 Å². The first-order valence-electron chi connectivity index (χ1n) is 8.36. The molecule has 5 heteroatoms. The lowest BCUT2D eigenvalue weighted by Gasteiger charge is -2.26. The van der Waals surface area contributed by atoms with E-state index < -0.39 is 0 Å². The maximum atomic E-state index is 5.96. The van der Waals surface area contributed by atoms with E-state index in [9.17, 15) is 0 Å². The Labute approximate surface area is 153 Å². The monoisotopic (exact) mass is 355 g/mol. The molecule has 0 bridgehead atoms. The number of hydrogen-bond acceptors (Lipinski definition) is 3. The first-order valence-corrected chi connectivity index (χ1v) is 8.74. The molecule has 25 heavy (non-hydrogen) atoms. The van der Waals surface area contributed by atoms with Gasteiger partial charge in [0.25, 0.3) is 0 Å². The standard InChI is InChI=1S/C20H22ClN3O/c21-18-6-8-19(9-7-18)23-20(22)10-5-16-1-3-17(4-2-16)15-24-11-13-25-14-12-24/h1-10H,11-15H2,(H2,22,23)/b10-5+. The summed E-state index contributed by atoms with van der Waals surface area (Å²) in [4.78, 5) is 6.75. The zero-order chi connectivity index (χ0) is 17.5. The Bertz CT molecular complexity index is 733. The van der Waals surface area contributed by atoms with Gasteiger partial charge in [0.05, 0.1) is 18.9 Å². The summed E-state index contributed by atoms with van der Waals surface area (Å²) in [5.41, 5.74) is 9.15. The van der Waals surface area contributed by atoms with Crippen LogP contribution in [0.3, 0.4) is 0 Å². The van der Waals surface area contributed by atoms with Crippen LogP contribution in [-0.4, -0.2) is 37.0 Å². The Morgan fingerprint density at radius 1 is 1.08 bits per heavy atom. The number of morpholine rings is 1. The number of hydrogen-bond donors (Lipinski definition) is 1. The Balaban J connectivity index is 1.58. The van der Waals surface area contributed by atoms with E-state index in [0.717, 1.165) is 44.1 Å². The molecule has 0 amide bonds. The summed E-state index contributed by atoms with van der Waals surface area (Å²) in [5.74, 6) is 0.458. The maximum absolute atomic E-state index is 5.96. The minimum atomic E-state index is 0.458. The number of nitrogens with two attached hydrogens (primary N) is 1. The van der Waals surface area contributed by atoms with Crippen molar-refractivity contribution in [3.63, 3.8) is 0 Å². The van der Waals surface area contributed by atoms with Crippen LogP contribution in [0.5, 0.6) is 0 Å². The third kappa shape index (κ3) is 5.71.